The highest BCUT2D eigenvalue weighted by molar-refractivity contribution is 7.89. The molecule has 0 aromatic heterocycles. The van der Waals surface area contributed by atoms with Gasteiger partial charge in [0.1, 0.15) is 0 Å². The van der Waals surface area contributed by atoms with Gasteiger partial charge in [-0.2, -0.15) is 4.31 Å². The maximum atomic E-state index is 13.4. The second kappa shape index (κ2) is 12.9. The summed E-state index contributed by atoms with van der Waals surface area (Å²) >= 11 is 12.2. The van der Waals surface area contributed by atoms with Crippen molar-refractivity contribution in [3.05, 3.63) is 94.0 Å². The van der Waals surface area contributed by atoms with Crippen LogP contribution in [0.3, 0.4) is 0 Å². The summed E-state index contributed by atoms with van der Waals surface area (Å²) in [5.41, 5.74) is 1.32. The molecule has 7 nitrogen and oxygen atoms in total. The van der Waals surface area contributed by atoms with Crippen LogP contribution in [0, 0.1) is 0 Å². The Morgan fingerprint density at radius 2 is 1.61 bits per heavy atom. The Bertz CT molecular complexity index is 1300. The Hall–Kier alpha value is -2.91. The average molecular weight is 549 g/mol. The van der Waals surface area contributed by atoms with Crippen LogP contribution in [-0.2, 0) is 26.1 Å². The number of rotatable bonds is 11. The molecule has 0 radical (unpaired) electrons. The Morgan fingerprint density at radius 3 is 2.25 bits per heavy atom. The van der Waals surface area contributed by atoms with Gasteiger partial charge in [-0.3, -0.25) is 4.79 Å². The van der Waals surface area contributed by atoms with Crippen LogP contribution >= 0.6 is 23.2 Å². The van der Waals surface area contributed by atoms with Gasteiger partial charge >= 0.3 is 5.97 Å². The molecular weight excluding hydrogens is 523 g/mol. The second-order valence-corrected chi connectivity index (χ2v) is 10.7. The summed E-state index contributed by atoms with van der Waals surface area (Å²) in [6.45, 7) is 1.77. The number of unbranched alkanes of at least 4 members (excludes halogenated alkanes) is 1. The number of carbonyl (C=O) groups is 2. The summed E-state index contributed by atoms with van der Waals surface area (Å²) in [6.07, 6.45) is 1.70. The Kier molecular flexibility index (Phi) is 9.89. The van der Waals surface area contributed by atoms with Crippen molar-refractivity contribution in [3.63, 3.8) is 0 Å². The fourth-order valence-electron chi connectivity index (χ4n) is 3.24. The molecule has 1 N–H and O–H groups in total. The predicted molar refractivity (Wildman–Crippen MR) is 141 cm³/mol. The smallest absolute Gasteiger partial charge is 0.338 e. The number of amides is 1. The molecule has 0 aliphatic rings. The highest BCUT2D eigenvalue weighted by atomic mass is 35.5. The van der Waals surface area contributed by atoms with Crippen LogP contribution in [-0.4, -0.2) is 37.8 Å². The first-order valence-corrected chi connectivity index (χ1v) is 13.5. The Labute approximate surface area is 221 Å². The summed E-state index contributed by atoms with van der Waals surface area (Å²) < 4.78 is 33.0. The fraction of sp³-hybridized carbons (Fsp3) is 0.231. The molecule has 0 spiro atoms. The van der Waals surface area contributed by atoms with Crippen molar-refractivity contribution in [1.82, 2.24) is 4.31 Å². The molecule has 0 heterocycles. The molecule has 36 heavy (non-hydrogen) atoms. The number of nitrogens with zero attached hydrogens (tertiary/aromatic N) is 1. The summed E-state index contributed by atoms with van der Waals surface area (Å²) in [6, 6.07) is 18.7. The van der Waals surface area contributed by atoms with Gasteiger partial charge in [0.15, 0.2) is 0 Å². The number of benzene rings is 3. The van der Waals surface area contributed by atoms with Crippen LogP contribution in [0.2, 0.25) is 10.0 Å². The number of esters is 1. The van der Waals surface area contributed by atoms with Gasteiger partial charge in [-0.15, -0.1) is 0 Å². The van der Waals surface area contributed by atoms with Crippen molar-refractivity contribution >= 4 is 50.8 Å². The number of carbonyl (C=O) groups excluding carboxylic acids is 2. The van der Waals surface area contributed by atoms with E-state index in [0.29, 0.717) is 33.5 Å². The first kappa shape index (κ1) is 27.7. The second-order valence-electron chi connectivity index (χ2n) is 7.93. The molecular formula is C26H26Cl2N2O5S. The van der Waals surface area contributed by atoms with Crippen LogP contribution in [0.5, 0.6) is 0 Å². The molecule has 0 saturated carbocycles. The van der Waals surface area contributed by atoms with E-state index in [4.69, 9.17) is 27.9 Å². The van der Waals surface area contributed by atoms with Crippen LogP contribution in [0.25, 0.3) is 0 Å². The standard InChI is InChI=1S/C26H26Cl2N2O5S/c1-2-3-16-35-26(32)19-8-12-22(13-9-19)29-25(31)18-30(17-20-6-4-5-7-24(20)28)36(33,34)23-14-10-21(27)11-15-23/h4-15H,2-3,16-18H2,1H3,(H,29,31). The lowest BCUT2D eigenvalue weighted by molar-refractivity contribution is -0.116. The van der Waals surface area contributed by atoms with E-state index < -0.39 is 28.4 Å². The van der Waals surface area contributed by atoms with Crippen molar-refractivity contribution in [1.29, 1.82) is 0 Å². The normalized spacial score (nSPS) is 11.3. The highest BCUT2D eigenvalue weighted by Gasteiger charge is 2.27. The van der Waals surface area contributed by atoms with Crippen molar-refractivity contribution < 1.29 is 22.7 Å². The summed E-state index contributed by atoms with van der Waals surface area (Å²) in [5.74, 6) is -1.00. The van der Waals surface area contributed by atoms with Gasteiger partial charge in [-0.25, -0.2) is 13.2 Å². The fourth-order valence-corrected chi connectivity index (χ4v) is 4.94. The summed E-state index contributed by atoms with van der Waals surface area (Å²) in [5, 5.41) is 3.45. The molecule has 0 atom stereocenters. The Balaban J connectivity index is 1.76. The lowest BCUT2D eigenvalue weighted by Gasteiger charge is -2.22. The number of nitrogens with one attached hydrogen (secondary N) is 1. The van der Waals surface area contributed by atoms with Gasteiger partial charge in [0.2, 0.25) is 15.9 Å². The van der Waals surface area contributed by atoms with E-state index in [1.165, 1.54) is 36.4 Å². The zero-order valence-corrected chi connectivity index (χ0v) is 21.9. The third kappa shape index (κ3) is 7.54. The Morgan fingerprint density at radius 1 is 0.944 bits per heavy atom. The number of anilines is 1. The molecule has 190 valence electrons. The number of hydrogen-bond donors (Lipinski definition) is 1. The van der Waals surface area contributed by atoms with Crippen molar-refractivity contribution in [2.75, 3.05) is 18.5 Å². The van der Waals surface area contributed by atoms with E-state index in [1.54, 1.807) is 36.4 Å². The largest absolute Gasteiger partial charge is 0.462 e. The van der Waals surface area contributed by atoms with Crippen molar-refractivity contribution in [2.45, 2.75) is 31.2 Å². The zero-order chi connectivity index (χ0) is 26.1. The van der Waals surface area contributed by atoms with Gasteiger partial charge < -0.3 is 10.1 Å². The van der Waals surface area contributed by atoms with Crippen LogP contribution in [0.1, 0.15) is 35.7 Å². The lowest BCUT2D eigenvalue weighted by Crippen LogP contribution is -2.37. The van der Waals surface area contributed by atoms with Crippen LogP contribution in [0.15, 0.2) is 77.7 Å². The zero-order valence-electron chi connectivity index (χ0n) is 19.6. The minimum absolute atomic E-state index is 0.00214. The van der Waals surface area contributed by atoms with Gasteiger partial charge in [0.25, 0.3) is 0 Å². The predicted octanol–water partition coefficient (Wildman–Crippen LogP) is 5.78. The van der Waals surface area contributed by atoms with Crippen molar-refractivity contribution in [3.8, 4) is 0 Å². The molecule has 0 aliphatic heterocycles. The van der Waals surface area contributed by atoms with Crippen molar-refractivity contribution in [2.24, 2.45) is 0 Å². The number of ether oxygens (including phenoxy) is 1. The quantitative estimate of drug-likeness (QED) is 0.242. The third-order valence-corrected chi connectivity index (χ3v) is 7.64. The number of hydrogen-bond acceptors (Lipinski definition) is 5. The number of sulfonamides is 1. The molecule has 3 rings (SSSR count). The van der Waals surface area contributed by atoms with Gasteiger partial charge in [-0.1, -0.05) is 54.7 Å². The molecule has 0 unspecified atom stereocenters. The van der Waals surface area contributed by atoms with Gasteiger partial charge in [0, 0.05) is 22.3 Å². The molecule has 0 aliphatic carbocycles. The van der Waals surface area contributed by atoms with Gasteiger partial charge in [-0.05, 0) is 66.6 Å². The SMILES string of the molecule is CCCCOC(=O)c1ccc(NC(=O)CN(Cc2ccccc2Cl)S(=O)(=O)c2ccc(Cl)cc2)cc1. The minimum atomic E-state index is -4.06. The molecule has 3 aromatic carbocycles. The third-order valence-electron chi connectivity index (χ3n) is 5.21. The van der Waals surface area contributed by atoms with E-state index >= 15 is 0 Å². The molecule has 3 aromatic rings. The highest BCUT2D eigenvalue weighted by Crippen LogP contribution is 2.24. The molecule has 10 heteroatoms. The molecule has 1 amide bonds. The average Bonchev–Trinajstić information content (AvgIpc) is 2.85. The van der Waals surface area contributed by atoms with E-state index in [-0.39, 0.29) is 11.4 Å². The van der Waals surface area contributed by atoms with E-state index in [0.717, 1.165) is 17.1 Å². The van der Waals surface area contributed by atoms with E-state index in [1.807, 2.05) is 6.92 Å². The van der Waals surface area contributed by atoms with Crippen LogP contribution in [0.4, 0.5) is 5.69 Å². The summed E-state index contributed by atoms with van der Waals surface area (Å²) in [4.78, 5) is 24.9. The lowest BCUT2D eigenvalue weighted by atomic mass is 10.2. The minimum Gasteiger partial charge on any atom is -0.462 e. The maximum Gasteiger partial charge on any atom is 0.338 e. The molecule has 0 saturated heterocycles. The molecule has 0 bridgehead atoms. The topological polar surface area (TPSA) is 92.8 Å². The number of halogens is 2. The molecule has 0 fully saturated rings. The summed E-state index contributed by atoms with van der Waals surface area (Å²) in [7, 11) is -4.06. The first-order chi connectivity index (χ1) is 17.2. The van der Waals surface area contributed by atoms with E-state index in [2.05, 4.69) is 5.32 Å². The maximum absolute atomic E-state index is 13.4. The van der Waals surface area contributed by atoms with Gasteiger partial charge in [0.05, 0.1) is 23.6 Å². The van der Waals surface area contributed by atoms with Crippen LogP contribution < -0.4 is 5.32 Å². The monoisotopic (exact) mass is 548 g/mol. The first-order valence-electron chi connectivity index (χ1n) is 11.3. The van der Waals surface area contributed by atoms with E-state index in [9.17, 15) is 18.0 Å².